The van der Waals surface area contributed by atoms with E-state index in [1.807, 2.05) is 38.1 Å². The van der Waals surface area contributed by atoms with Crippen molar-refractivity contribution in [2.45, 2.75) is 13.8 Å². The Morgan fingerprint density at radius 3 is 2.42 bits per heavy atom. The van der Waals surface area contributed by atoms with Crippen LogP contribution < -0.4 is 20.7 Å². The Morgan fingerprint density at radius 2 is 1.79 bits per heavy atom. The Hall–Kier alpha value is -2.41. The lowest BCUT2D eigenvalue weighted by Crippen LogP contribution is -2.12. The van der Waals surface area contributed by atoms with E-state index in [9.17, 15) is 0 Å². The largest absolute Gasteiger partial charge is 0.464 e. The van der Waals surface area contributed by atoms with Gasteiger partial charge in [-0.05, 0) is 26.0 Å². The molecule has 7 heteroatoms. The highest BCUT2D eigenvalue weighted by molar-refractivity contribution is 5.31. The molecule has 2 rings (SSSR count). The second-order valence-electron chi connectivity index (χ2n) is 3.72. The zero-order valence-electron chi connectivity index (χ0n) is 10.8. The van der Waals surface area contributed by atoms with Crippen molar-refractivity contribution in [1.82, 2.24) is 15.0 Å². The van der Waals surface area contributed by atoms with Crippen molar-refractivity contribution < 1.29 is 9.47 Å². The average molecular weight is 261 g/mol. The van der Waals surface area contributed by atoms with Gasteiger partial charge in [-0.25, -0.2) is 5.84 Å². The summed E-state index contributed by atoms with van der Waals surface area (Å²) in [6, 6.07) is 7.80. The molecule has 0 atom stereocenters. The first kappa shape index (κ1) is 13.0. The average Bonchev–Trinajstić information content (AvgIpc) is 2.41. The first-order chi connectivity index (χ1) is 9.21. The van der Waals surface area contributed by atoms with Gasteiger partial charge in [0, 0.05) is 0 Å². The Balaban J connectivity index is 2.23. The van der Waals surface area contributed by atoms with Gasteiger partial charge in [0.25, 0.3) is 0 Å². The van der Waals surface area contributed by atoms with Crippen LogP contribution in [0.2, 0.25) is 0 Å². The molecule has 0 saturated heterocycles. The molecule has 1 aromatic heterocycles. The molecule has 0 aliphatic rings. The van der Waals surface area contributed by atoms with Crippen LogP contribution in [0.1, 0.15) is 12.5 Å². The zero-order valence-corrected chi connectivity index (χ0v) is 10.8. The van der Waals surface area contributed by atoms with Crippen LogP contribution in [0.4, 0.5) is 5.95 Å². The molecule has 0 unspecified atom stereocenters. The van der Waals surface area contributed by atoms with Crippen molar-refractivity contribution in [3.63, 3.8) is 0 Å². The number of nitrogen functional groups attached to an aromatic ring is 1. The number of nitrogens with two attached hydrogens (primary N) is 1. The third-order valence-electron chi connectivity index (χ3n) is 2.23. The van der Waals surface area contributed by atoms with Crippen LogP contribution >= 0.6 is 0 Å². The molecule has 100 valence electrons. The number of hydrazine groups is 1. The molecule has 7 nitrogen and oxygen atoms in total. The van der Waals surface area contributed by atoms with Gasteiger partial charge in [0.1, 0.15) is 5.75 Å². The summed E-state index contributed by atoms with van der Waals surface area (Å²) in [6.45, 7) is 4.27. The SMILES string of the molecule is CCOc1nc(NN)nc(Oc2ccc(C)cc2)n1. The molecule has 0 saturated carbocycles. The van der Waals surface area contributed by atoms with E-state index in [-0.39, 0.29) is 18.0 Å². The van der Waals surface area contributed by atoms with E-state index in [1.165, 1.54) is 0 Å². The van der Waals surface area contributed by atoms with Gasteiger partial charge in [0.2, 0.25) is 5.95 Å². The lowest BCUT2D eigenvalue weighted by molar-refractivity contribution is 0.304. The van der Waals surface area contributed by atoms with Gasteiger partial charge in [-0.3, -0.25) is 5.43 Å². The molecule has 1 aromatic carbocycles. The van der Waals surface area contributed by atoms with Gasteiger partial charge in [0.15, 0.2) is 0 Å². The summed E-state index contributed by atoms with van der Waals surface area (Å²) in [5.41, 5.74) is 3.48. The highest BCUT2D eigenvalue weighted by atomic mass is 16.5. The second-order valence-corrected chi connectivity index (χ2v) is 3.72. The van der Waals surface area contributed by atoms with Crippen LogP contribution in [0.3, 0.4) is 0 Å². The molecule has 19 heavy (non-hydrogen) atoms. The molecular weight excluding hydrogens is 246 g/mol. The van der Waals surface area contributed by atoms with Crippen LogP contribution in [-0.2, 0) is 0 Å². The van der Waals surface area contributed by atoms with Gasteiger partial charge in [-0.1, -0.05) is 17.7 Å². The number of ether oxygens (including phenoxy) is 2. The molecule has 0 aliphatic carbocycles. The fraction of sp³-hybridized carbons (Fsp3) is 0.250. The Kier molecular flexibility index (Phi) is 4.09. The van der Waals surface area contributed by atoms with E-state index in [0.717, 1.165) is 5.56 Å². The lowest BCUT2D eigenvalue weighted by Gasteiger charge is -2.07. The van der Waals surface area contributed by atoms with Crippen molar-refractivity contribution in [2.24, 2.45) is 5.84 Å². The summed E-state index contributed by atoms with van der Waals surface area (Å²) >= 11 is 0. The summed E-state index contributed by atoms with van der Waals surface area (Å²) in [5, 5.41) is 0. The topological polar surface area (TPSA) is 95.2 Å². The standard InChI is InChI=1S/C12H15N5O2/c1-3-18-11-14-10(17-13)15-12(16-11)19-9-6-4-8(2)5-7-9/h4-7H,3,13H2,1-2H3,(H,14,15,16,17). The number of nitrogens with zero attached hydrogens (tertiary/aromatic N) is 3. The number of rotatable bonds is 5. The second kappa shape index (κ2) is 5.96. The summed E-state index contributed by atoms with van der Waals surface area (Å²) in [7, 11) is 0. The monoisotopic (exact) mass is 261 g/mol. The minimum atomic E-state index is 0.121. The highest BCUT2D eigenvalue weighted by Gasteiger charge is 2.08. The van der Waals surface area contributed by atoms with Crippen molar-refractivity contribution in [3.05, 3.63) is 29.8 Å². The molecule has 1 heterocycles. The number of aromatic nitrogens is 3. The normalized spacial score (nSPS) is 10.1. The molecule has 0 bridgehead atoms. The quantitative estimate of drug-likeness (QED) is 0.624. The van der Waals surface area contributed by atoms with Crippen molar-refractivity contribution in [3.8, 4) is 17.8 Å². The number of hydrogen-bond donors (Lipinski definition) is 2. The van der Waals surface area contributed by atoms with Crippen LogP contribution in [0.15, 0.2) is 24.3 Å². The van der Waals surface area contributed by atoms with Gasteiger partial charge >= 0.3 is 12.0 Å². The number of hydrogen-bond acceptors (Lipinski definition) is 7. The van der Waals surface area contributed by atoms with E-state index in [0.29, 0.717) is 12.4 Å². The first-order valence-electron chi connectivity index (χ1n) is 5.81. The molecule has 2 aromatic rings. The third kappa shape index (κ3) is 3.52. The predicted molar refractivity (Wildman–Crippen MR) is 70.1 cm³/mol. The first-order valence-corrected chi connectivity index (χ1v) is 5.81. The Bertz CT molecular complexity index is 544. The van der Waals surface area contributed by atoms with Crippen LogP contribution in [0, 0.1) is 6.92 Å². The van der Waals surface area contributed by atoms with E-state index in [2.05, 4.69) is 20.4 Å². The number of anilines is 1. The van der Waals surface area contributed by atoms with E-state index < -0.39 is 0 Å². The smallest absolute Gasteiger partial charge is 0.330 e. The van der Waals surface area contributed by atoms with Crippen LogP contribution in [0.5, 0.6) is 17.8 Å². The van der Waals surface area contributed by atoms with Crippen molar-refractivity contribution in [1.29, 1.82) is 0 Å². The molecule has 0 radical (unpaired) electrons. The maximum absolute atomic E-state index is 5.53. The van der Waals surface area contributed by atoms with Crippen LogP contribution in [-0.4, -0.2) is 21.6 Å². The fourth-order valence-electron chi connectivity index (χ4n) is 1.35. The third-order valence-corrected chi connectivity index (χ3v) is 2.23. The van der Waals surface area contributed by atoms with Crippen LogP contribution in [0.25, 0.3) is 0 Å². The molecule has 0 aliphatic heterocycles. The minimum Gasteiger partial charge on any atom is -0.464 e. The highest BCUT2D eigenvalue weighted by Crippen LogP contribution is 2.20. The van der Waals surface area contributed by atoms with E-state index in [1.54, 1.807) is 0 Å². The van der Waals surface area contributed by atoms with E-state index in [4.69, 9.17) is 15.3 Å². The maximum Gasteiger partial charge on any atom is 0.330 e. The lowest BCUT2D eigenvalue weighted by atomic mass is 10.2. The summed E-state index contributed by atoms with van der Waals surface area (Å²) in [6.07, 6.45) is 0. The number of aryl methyl sites for hydroxylation is 1. The summed E-state index contributed by atoms with van der Waals surface area (Å²) < 4.78 is 10.7. The molecule has 0 amide bonds. The van der Waals surface area contributed by atoms with Crippen molar-refractivity contribution in [2.75, 3.05) is 12.0 Å². The van der Waals surface area contributed by atoms with Crippen molar-refractivity contribution >= 4 is 5.95 Å². The maximum atomic E-state index is 5.53. The molecular formula is C12H15N5O2. The van der Waals surface area contributed by atoms with Gasteiger partial charge < -0.3 is 9.47 Å². The number of benzene rings is 1. The zero-order chi connectivity index (χ0) is 13.7. The number of nitrogens with one attached hydrogen (secondary N) is 1. The predicted octanol–water partition coefficient (Wildman–Crippen LogP) is 1.66. The Labute approximate surface area is 110 Å². The van der Waals surface area contributed by atoms with Gasteiger partial charge in [-0.15, -0.1) is 4.98 Å². The molecule has 3 N–H and O–H groups in total. The summed E-state index contributed by atoms with van der Waals surface area (Å²) in [4.78, 5) is 12.0. The minimum absolute atomic E-state index is 0.121. The Morgan fingerprint density at radius 1 is 1.11 bits per heavy atom. The van der Waals surface area contributed by atoms with E-state index >= 15 is 0 Å². The van der Waals surface area contributed by atoms with Gasteiger partial charge in [0.05, 0.1) is 6.61 Å². The van der Waals surface area contributed by atoms with Gasteiger partial charge in [-0.2, -0.15) is 9.97 Å². The fourth-order valence-corrected chi connectivity index (χ4v) is 1.35. The molecule has 0 fully saturated rings. The summed E-state index contributed by atoms with van der Waals surface area (Å²) in [5.74, 6) is 6.09. The molecule has 0 spiro atoms.